The van der Waals surface area contributed by atoms with Crippen molar-refractivity contribution in [1.82, 2.24) is 4.98 Å². The molecule has 0 saturated heterocycles. The molecule has 1 aromatic heterocycles. The van der Waals surface area contributed by atoms with Crippen LogP contribution in [0, 0.1) is 5.92 Å². The third kappa shape index (κ3) is 3.71. The van der Waals surface area contributed by atoms with E-state index in [1.165, 1.54) is 25.7 Å². The van der Waals surface area contributed by atoms with Gasteiger partial charge in [-0.15, -0.1) is 11.8 Å². The third-order valence-electron chi connectivity index (χ3n) is 3.42. The van der Waals surface area contributed by atoms with E-state index in [9.17, 15) is 5.11 Å². The Labute approximate surface area is 108 Å². The molecule has 0 aromatic carbocycles. The zero-order valence-electron chi connectivity index (χ0n) is 10.6. The van der Waals surface area contributed by atoms with E-state index < -0.39 is 6.10 Å². The Bertz CT molecular complexity index is 350. The van der Waals surface area contributed by atoms with Crippen LogP contribution in [0.15, 0.2) is 23.4 Å². The van der Waals surface area contributed by atoms with Gasteiger partial charge in [-0.3, -0.25) is 0 Å². The van der Waals surface area contributed by atoms with E-state index in [0.717, 1.165) is 21.8 Å². The summed E-state index contributed by atoms with van der Waals surface area (Å²) in [6, 6.07) is 4.01. The molecule has 1 N–H and O–H groups in total. The van der Waals surface area contributed by atoms with Crippen LogP contribution in [0.5, 0.6) is 0 Å². The van der Waals surface area contributed by atoms with Gasteiger partial charge in [0.15, 0.2) is 0 Å². The highest BCUT2D eigenvalue weighted by atomic mass is 32.2. The Hall–Kier alpha value is -0.540. The second-order valence-electron chi connectivity index (χ2n) is 5.12. The number of aliphatic hydroxyl groups is 1. The number of hydrogen-bond donors (Lipinski definition) is 1. The molecule has 1 aliphatic rings. The van der Waals surface area contributed by atoms with Gasteiger partial charge in [-0.25, -0.2) is 4.98 Å². The van der Waals surface area contributed by atoms with Crippen molar-refractivity contribution in [2.45, 2.75) is 55.9 Å². The molecular formula is C14H21NOS. The number of thioether (sulfide) groups is 1. The van der Waals surface area contributed by atoms with Crippen LogP contribution in [0.3, 0.4) is 0 Å². The normalized spacial score (nSPS) is 26.8. The molecule has 1 aliphatic carbocycles. The fourth-order valence-corrected chi connectivity index (χ4v) is 3.68. The van der Waals surface area contributed by atoms with Gasteiger partial charge in [0.05, 0.1) is 11.1 Å². The first-order valence-corrected chi connectivity index (χ1v) is 7.34. The summed E-state index contributed by atoms with van der Waals surface area (Å²) < 4.78 is 0. The highest BCUT2D eigenvalue weighted by Gasteiger charge is 2.20. The predicted octanol–water partition coefficient (Wildman–Crippen LogP) is 3.81. The molecule has 1 saturated carbocycles. The first kappa shape index (κ1) is 12.9. The molecule has 1 aromatic rings. The molecule has 0 radical (unpaired) electrons. The summed E-state index contributed by atoms with van der Waals surface area (Å²) in [7, 11) is 0. The Morgan fingerprint density at radius 1 is 1.41 bits per heavy atom. The van der Waals surface area contributed by atoms with Crippen LogP contribution >= 0.6 is 11.8 Å². The van der Waals surface area contributed by atoms with Crippen molar-refractivity contribution in [3.05, 3.63) is 23.9 Å². The monoisotopic (exact) mass is 251 g/mol. The van der Waals surface area contributed by atoms with E-state index in [1.54, 1.807) is 13.1 Å². The van der Waals surface area contributed by atoms with Crippen molar-refractivity contribution in [3.8, 4) is 0 Å². The molecule has 17 heavy (non-hydrogen) atoms. The van der Waals surface area contributed by atoms with E-state index >= 15 is 0 Å². The molecule has 3 unspecified atom stereocenters. The predicted molar refractivity (Wildman–Crippen MR) is 72.1 cm³/mol. The number of pyridine rings is 1. The lowest BCUT2D eigenvalue weighted by molar-refractivity contribution is 0.198. The fraction of sp³-hybridized carbons (Fsp3) is 0.643. The van der Waals surface area contributed by atoms with Crippen molar-refractivity contribution < 1.29 is 5.11 Å². The van der Waals surface area contributed by atoms with Gasteiger partial charge in [0.2, 0.25) is 0 Å². The van der Waals surface area contributed by atoms with Crippen LogP contribution in [-0.2, 0) is 0 Å². The number of rotatable bonds is 3. The molecule has 0 spiro atoms. The van der Waals surface area contributed by atoms with Gasteiger partial charge >= 0.3 is 0 Å². The van der Waals surface area contributed by atoms with Crippen molar-refractivity contribution in [2.75, 3.05) is 0 Å². The maximum absolute atomic E-state index is 9.42. The van der Waals surface area contributed by atoms with Crippen molar-refractivity contribution in [1.29, 1.82) is 0 Å². The van der Waals surface area contributed by atoms with Crippen molar-refractivity contribution in [3.63, 3.8) is 0 Å². The van der Waals surface area contributed by atoms with Crippen LogP contribution in [0.2, 0.25) is 0 Å². The van der Waals surface area contributed by atoms with Gasteiger partial charge in [0, 0.05) is 11.4 Å². The van der Waals surface area contributed by atoms with Crippen LogP contribution in [0.4, 0.5) is 0 Å². The molecule has 1 fully saturated rings. The standard InChI is InChI=1S/C14H21NOS/c1-10-4-3-5-13(8-10)17-14-7-6-12(9-15-14)11(2)16/h6-7,9-11,13,16H,3-5,8H2,1-2H3. The second kappa shape index (κ2) is 5.87. The Balaban J connectivity index is 1.94. The van der Waals surface area contributed by atoms with Crippen LogP contribution in [0.25, 0.3) is 0 Å². The maximum Gasteiger partial charge on any atom is 0.0962 e. The van der Waals surface area contributed by atoms with E-state index in [0.29, 0.717) is 0 Å². The molecule has 3 atom stereocenters. The van der Waals surface area contributed by atoms with Gasteiger partial charge in [-0.2, -0.15) is 0 Å². The van der Waals surface area contributed by atoms with Gasteiger partial charge in [0.25, 0.3) is 0 Å². The van der Waals surface area contributed by atoms with Crippen LogP contribution in [-0.4, -0.2) is 15.3 Å². The molecule has 0 aliphatic heterocycles. The minimum absolute atomic E-state index is 0.420. The van der Waals surface area contributed by atoms with Crippen LogP contribution < -0.4 is 0 Å². The molecule has 1 heterocycles. The molecule has 2 rings (SSSR count). The lowest BCUT2D eigenvalue weighted by Crippen LogP contribution is -2.15. The molecule has 2 nitrogen and oxygen atoms in total. The van der Waals surface area contributed by atoms with Gasteiger partial charge in [0.1, 0.15) is 0 Å². The first-order valence-electron chi connectivity index (χ1n) is 6.46. The summed E-state index contributed by atoms with van der Waals surface area (Å²) in [5.41, 5.74) is 0.895. The highest BCUT2D eigenvalue weighted by molar-refractivity contribution is 7.99. The number of hydrogen-bond acceptors (Lipinski definition) is 3. The Kier molecular flexibility index (Phi) is 4.46. The average molecular weight is 251 g/mol. The molecule has 94 valence electrons. The van der Waals surface area contributed by atoms with Crippen LogP contribution in [0.1, 0.15) is 51.2 Å². The highest BCUT2D eigenvalue weighted by Crippen LogP contribution is 2.35. The third-order valence-corrected chi connectivity index (χ3v) is 4.66. The Morgan fingerprint density at radius 3 is 2.82 bits per heavy atom. The minimum Gasteiger partial charge on any atom is -0.389 e. The largest absolute Gasteiger partial charge is 0.389 e. The van der Waals surface area contributed by atoms with E-state index in [4.69, 9.17) is 0 Å². The smallest absolute Gasteiger partial charge is 0.0962 e. The lowest BCUT2D eigenvalue weighted by Gasteiger charge is -2.25. The van der Waals surface area contributed by atoms with E-state index in [1.807, 2.05) is 23.9 Å². The number of nitrogens with zero attached hydrogens (tertiary/aromatic N) is 1. The van der Waals surface area contributed by atoms with Crippen molar-refractivity contribution >= 4 is 11.8 Å². The second-order valence-corrected chi connectivity index (χ2v) is 6.44. The summed E-state index contributed by atoms with van der Waals surface area (Å²) in [5.74, 6) is 0.859. The topological polar surface area (TPSA) is 33.1 Å². The summed E-state index contributed by atoms with van der Waals surface area (Å²) in [6.45, 7) is 4.11. The van der Waals surface area contributed by atoms with E-state index in [2.05, 4.69) is 11.9 Å². The molecular weight excluding hydrogens is 230 g/mol. The summed E-state index contributed by atoms with van der Waals surface area (Å²) in [6.07, 6.45) is 6.73. The zero-order valence-corrected chi connectivity index (χ0v) is 11.4. The summed E-state index contributed by atoms with van der Waals surface area (Å²) in [5, 5.41) is 11.2. The lowest BCUT2D eigenvalue weighted by atomic mass is 9.91. The molecule has 3 heteroatoms. The van der Waals surface area contributed by atoms with Gasteiger partial charge in [-0.1, -0.05) is 25.8 Å². The van der Waals surface area contributed by atoms with Gasteiger partial charge in [-0.05, 0) is 37.3 Å². The zero-order chi connectivity index (χ0) is 12.3. The SMILES string of the molecule is CC1CCCC(Sc2ccc(C(C)O)cn2)C1. The quantitative estimate of drug-likeness (QED) is 0.887. The number of aliphatic hydroxyl groups excluding tert-OH is 1. The number of aromatic nitrogens is 1. The van der Waals surface area contributed by atoms with Crippen molar-refractivity contribution in [2.24, 2.45) is 5.92 Å². The minimum atomic E-state index is -0.420. The first-order chi connectivity index (χ1) is 8.15. The van der Waals surface area contributed by atoms with E-state index in [-0.39, 0.29) is 0 Å². The molecule has 0 amide bonds. The summed E-state index contributed by atoms with van der Waals surface area (Å²) in [4.78, 5) is 4.42. The average Bonchev–Trinajstić information content (AvgIpc) is 2.29. The summed E-state index contributed by atoms with van der Waals surface area (Å²) >= 11 is 1.90. The Morgan fingerprint density at radius 2 is 2.24 bits per heavy atom. The molecule has 0 bridgehead atoms. The van der Waals surface area contributed by atoms with Gasteiger partial charge < -0.3 is 5.11 Å². The fourth-order valence-electron chi connectivity index (χ4n) is 2.36. The maximum atomic E-state index is 9.42.